The van der Waals surface area contributed by atoms with Gasteiger partial charge in [0.1, 0.15) is 11.5 Å². The molecule has 2 N–H and O–H groups in total. The Morgan fingerprint density at radius 1 is 1.19 bits per heavy atom. The van der Waals surface area contributed by atoms with Gasteiger partial charge in [0, 0.05) is 15.8 Å². The zero-order chi connectivity index (χ0) is 19.4. The predicted octanol–water partition coefficient (Wildman–Crippen LogP) is 3.45. The lowest BCUT2D eigenvalue weighted by Gasteiger charge is -2.11. The van der Waals surface area contributed by atoms with Crippen molar-refractivity contribution in [1.82, 2.24) is 14.9 Å². The van der Waals surface area contributed by atoms with Crippen molar-refractivity contribution in [2.45, 2.75) is 6.92 Å². The van der Waals surface area contributed by atoms with Crippen LogP contribution in [0.1, 0.15) is 16.1 Å². The monoisotopic (exact) mass is 430 g/mol. The van der Waals surface area contributed by atoms with E-state index in [0.717, 1.165) is 10.0 Å². The predicted molar refractivity (Wildman–Crippen MR) is 103 cm³/mol. The minimum atomic E-state index is -0.459. The number of halogens is 2. The van der Waals surface area contributed by atoms with Gasteiger partial charge in [-0.1, -0.05) is 15.9 Å². The molecule has 3 rings (SSSR count). The van der Waals surface area contributed by atoms with Crippen molar-refractivity contribution in [1.29, 1.82) is 0 Å². The number of hydrogen-bond acceptors (Lipinski definition) is 3. The summed E-state index contributed by atoms with van der Waals surface area (Å²) in [5.41, 5.74) is 2.41. The van der Waals surface area contributed by atoms with E-state index in [9.17, 15) is 14.0 Å². The summed E-state index contributed by atoms with van der Waals surface area (Å²) in [5.74, 6) is -1.18. The first kappa shape index (κ1) is 18.8. The van der Waals surface area contributed by atoms with E-state index in [1.54, 1.807) is 6.07 Å². The molecule has 0 bridgehead atoms. The molecular formula is C19H16BrFN4O2. The molecule has 2 amide bonds. The molecule has 0 aliphatic carbocycles. The molecule has 8 heteroatoms. The molecule has 138 valence electrons. The molecule has 0 aliphatic rings. The largest absolute Gasteiger partial charge is 0.342 e. The van der Waals surface area contributed by atoms with Crippen LogP contribution in [-0.2, 0) is 4.79 Å². The highest BCUT2D eigenvalue weighted by Gasteiger charge is 2.14. The fourth-order valence-corrected chi connectivity index (χ4v) is 2.96. The number of aryl methyl sites for hydroxylation is 1. The summed E-state index contributed by atoms with van der Waals surface area (Å²) in [5, 5.41) is 5.31. The van der Waals surface area contributed by atoms with E-state index in [-0.39, 0.29) is 24.0 Å². The lowest BCUT2D eigenvalue weighted by molar-refractivity contribution is -0.115. The van der Waals surface area contributed by atoms with Gasteiger partial charge in [0.15, 0.2) is 0 Å². The van der Waals surface area contributed by atoms with Crippen LogP contribution in [0.25, 0.3) is 5.69 Å². The number of rotatable bonds is 5. The molecule has 6 nitrogen and oxygen atoms in total. The number of hydrogen-bond donors (Lipinski definition) is 2. The highest BCUT2D eigenvalue weighted by molar-refractivity contribution is 9.10. The van der Waals surface area contributed by atoms with Crippen molar-refractivity contribution in [2.75, 3.05) is 11.9 Å². The summed E-state index contributed by atoms with van der Waals surface area (Å²) in [6, 6.07) is 11.2. The van der Waals surface area contributed by atoms with Crippen LogP contribution in [0, 0.1) is 12.7 Å². The van der Waals surface area contributed by atoms with Gasteiger partial charge < -0.3 is 10.6 Å². The Labute approximate surface area is 163 Å². The Morgan fingerprint density at radius 2 is 1.93 bits per heavy atom. The molecule has 1 aromatic heterocycles. The van der Waals surface area contributed by atoms with Gasteiger partial charge in [0.05, 0.1) is 19.1 Å². The first-order chi connectivity index (χ1) is 12.9. The van der Waals surface area contributed by atoms with Gasteiger partial charge in [-0.05, 0) is 55.0 Å². The second-order valence-electron chi connectivity index (χ2n) is 5.82. The minimum absolute atomic E-state index is 0.192. The second-order valence-corrected chi connectivity index (χ2v) is 6.73. The van der Waals surface area contributed by atoms with Crippen molar-refractivity contribution in [3.8, 4) is 5.69 Å². The van der Waals surface area contributed by atoms with Crippen LogP contribution in [0.5, 0.6) is 0 Å². The molecular weight excluding hydrogens is 415 g/mol. The van der Waals surface area contributed by atoms with Gasteiger partial charge in [-0.25, -0.2) is 9.37 Å². The third-order valence-electron chi connectivity index (χ3n) is 3.85. The molecule has 1 heterocycles. The van der Waals surface area contributed by atoms with Crippen LogP contribution < -0.4 is 10.6 Å². The number of imidazole rings is 1. The number of nitrogens with one attached hydrogen (secondary N) is 2. The number of amides is 2. The van der Waals surface area contributed by atoms with E-state index in [1.807, 2.05) is 19.1 Å². The zero-order valence-corrected chi connectivity index (χ0v) is 16.0. The number of carbonyl (C=O) groups is 2. The molecule has 0 atom stereocenters. The van der Waals surface area contributed by atoms with Crippen LogP contribution in [0.15, 0.2) is 59.5 Å². The number of benzene rings is 2. The summed E-state index contributed by atoms with van der Waals surface area (Å²) in [4.78, 5) is 28.5. The Bertz CT molecular complexity index is 986. The Morgan fingerprint density at radius 3 is 2.63 bits per heavy atom. The normalized spacial score (nSPS) is 10.5. The van der Waals surface area contributed by atoms with Crippen molar-refractivity contribution < 1.29 is 14.0 Å². The molecule has 0 unspecified atom stereocenters. The standard InChI is InChI=1S/C19H16BrFN4O2/c1-12-8-13(20)2-7-16(12)24-18(26)10-23-19(27)17-9-22-11-25(17)15-5-3-14(21)4-6-15/h2-9,11H,10H2,1H3,(H,23,27)(H,24,26). The lowest BCUT2D eigenvalue weighted by atomic mass is 10.2. The molecule has 2 aromatic carbocycles. The molecule has 0 saturated heterocycles. The highest BCUT2D eigenvalue weighted by Crippen LogP contribution is 2.19. The first-order valence-corrected chi connectivity index (χ1v) is 8.86. The maximum Gasteiger partial charge on any atom is 0.270 e. The van der Waals surface area contributed by atoms with E-state index in [4.69, 9.17) is 0 Å². The van der Waals surface area contributed by atoms with Crippen molar-refractivity contribution in [3.63, 3.8) is 0 Å². The van der Waals surface area contributed by atoms with Gasteiger partial charge >= 0.3 is 0 Å². The molecule has 0 fully saturated rings. The van der Waals surface area contributed by atoms with Gasteiger partial charge in [-0.2, -0.15) is 0 Å². The third-order valence-corrected chi connectivity index (χ3v) is 4.34. The van der Waals surface area contributed by atoms with E-state index in [2.05, 4.69) is 31.5 Å². The maximum atomic E-state index is 13.1. The van der Waals surface area contributed by atoms with Crippen molar-refractivity contribution in [2.24, 2.45) is 0 Å². The number of nitrogens with zero attached hydrogens (tertiary/aromatic N) is 2. The summed E-state index contributed by atoms with van der Waals surface area (Å²) in [6.07, 6.45) is 2.84. The zero-order valence-electron chi connectivity index (χ0n) is 14.4. The van der Waals surface area contributed by atoms with Gasteiger partial charge in [0.2, 0.25) is 5.91 Å². The molecule has 0 spiro atoms. The quantitative estimate of drug-likeness (QED) is 0.650. The van der Waals surface area contributed by atoms with Crippen LogP contribution >= 0.6 is 15.9 Å². The molecule has 0 aliphatic heterocycles. The SMILES string of the molecule is Cc1cc(Br)ccc1NC(=O)CNC(=O)c1cncn1-c1ccc(F)cc1. The average Bonchev–Trinajstić information content (AvgIpc) is 3.12. The third kappa shape index (κ3) is 4.59. The Balaban J connectivity index is 1.64. The van der Waals surface area contributed by atoms with E-state index >= 15 is 0 Å². The summed E-state index contributed by atoms with van der Waals surface area (Å²) >= 11 is 3.37. The van der Waals surface area contributed by atoms with Crippen molar-refractivity contribution in [3.05, 3.63) is 76.5 Å². The molecule has 0 saturated carbocycles. The fourth-order valence-electron chi connectivity index (χ4n) is 2.48. The van der Waals surface area contributed by atoms with Crippen LogP contribution in [0.2, 0.25) is 0 Å². The lowest BCUT2D eigenvalue weighted by Crippen LogP contribution is -2.33. The van der Waals surface area contributed by atoms with Gasteiger partial charge in [-0.15, -0.1) is 0 Å². The number of aromatic nitrogens is 2. The molecule has 27 heavy (non-hydrogen) atoms. The first-order valence-electron chi connectivity index (χ1n) is 8.06. The van der Waals surface area contributed by atoms with E-state index in [1.165, 1.54) is 41.4 Å². The molecule has 3 aromatic rings. The second kappa shape index (κ2) is 8.13. The van der Waals surface area contributed by atoms with Crippen LogP contribution in [0.4, 0.5) is 10.1 Å². The van der Waals surface area contributed by atoms with Crippen LogP contribution in [0.3, 0.4) is 0 Å². The summed E-state index contributed by atoms with van der Waals surface area (Å²) < 4.78 is 15.5. The van der Waals surface area contributed by atoms with Crippen LogP contribution in [-0.4, -0.2) is 27.9 Å². The maximum absolute atomic E-state index is 13.1. The minimum Gasteiger partial charge on any atom is -0.342 e. The van der Waals surface area contributed by atoms with Gasteiger partial charge in [-0.3, -0.25) is 14.2 Å². The fraction of sp³-hybridized carbons (Fsp3) is 0.105. The highest BCUT2D eigenvalue weighted by atomic mass is 79.9. The Hall–Kier alpha value is -3.00. The summed E-state index contributed by atoms with van der Waals surface area (Å²) in [7, 11) is 0. The summed E-state index contributed by atoms with van der Waals surface area (Å²) in [6.45, 7) is 1.68. The number of anilines is 1. The smallest absolute Gasteiger partial charge is 0.270 e. The van der Waals surface area contributed by atoms with E-state index in [0.29, 0.717) is 11.4 Å². The van der Waals surface area contributed by atoms with E-state index < -0.39 is 5.91 Å². The topological polar surface area (TPSA) is 76.0 Å². The Kier molecular flexibility index (Phi) is 5.66. The number of carbonyl (C=O) groups excluding carboxylic acids is 2. The van der Waals surface area contributed by atoms with Crippen molar-refractivity contribution >= 4 is 33.4 Å². The van der Waals surface area contributed by atoms with Gasteiger partial charge in [0.25, 0.3) is 5.91 Å². The average molecular weight is 431 g/mol. The molecule has 0 radical (unpaired) electrons.